The molecule has 156 valence electrons. The Morgan fingerprint density at radius 3 is 2.77 bits per heavy atom. The number of aromatic nitrogens is 4. The first-order valence-electron chi connectivity index (χ1n) is 9.60. The van der Waals surface area contributed by atoms with Gasteiger partial charge in [0.15, 0.2) is 0 Å². The van der Waals surface area contributed by atoms with Crippen LogP contribution in [0.5, 0.6) is 5.88 Å². The van der Waals surface area contributed by atoms with Gasteiger partial charge in [0.2, 0.25) is 11.8 Å². The van der Waals surface area contributed by atoms with Gasteiger partial charge in [0.25, 0.3) is 0 Å². The summed E-state index contributed by atoms with van der Waals surface area (Å²) >= 11 is 5.98. The Morgan fingerprint density at radius 1 is 1.20 bits per heavy atom. The average molecular weight is 428 g/mol. The van der Waals surface area contributed by atoms with Crippen LogP contribution in [0.4, 0.5) is 0 Å². The highest BCUT2D eigenvalue weighted by Crippen LogP contribution is 2.22. The van der Waals surface area contributed by atoms with Gasteiger partial charge in [-0.2, -0.15) is 0 Å². The summed E-state index contributed by atoms with van der Waals surface area (Å²) in [7, 11) is 1.52. The molecule has 1 aliphatic heterocycles. The maximum atomic E-state index is 12.0. The SMILES string of the molecule is COCC(=O)N1CCc2nc(OCc3c(C)nnn3-c3ccc(Cl)cc3)ccc2C1. The van der Waals surface area contributed by atoms with Crippen LogP contribution in [-0.2, 0) is 29.1 Å². The Balaban J connectivity index is 1.46. The fourth-order valence-electron chi connectivity index (χ4n) is 3.38. The molecule has 0 unspecified atom stereocenters. The molecule has 1 aromatic carbocycles. The normalized spacial score (nSPS) is 13.2. The molecule has 2 aromatic heterocycles. The van der Waals surface area contributed by atoms with E-state index in [1.165, 1.54) is 7.11 Å². The number of benzene rings is 1. The molecule has 3 heterocycles. The fourth-order valence-corrected chi connectivity index (χ4v) is 3.50. The van der Waals surface area contributed by atoms with Crippen molar-refractivity contribution in [2.45, 2.75) is 26.5 Å². The van der Waals surface area contributed by atoms with Crippen LogP contribution in [0.2, 0.25) is 5.02 Å². The molecule has 0 bridgehead atoms. The molecule has 0 saturated carbocycles. The van der Waals surface area contributed by atoms with E-state index in [9.17, 15) is 4.79 Å². The summed E-state index contributed by atoms with van der Waals surface area (Å²) in [6, 6.07) is 11.2. The Morgan fingerprint density at radius 2 is 2.00 bits per heavy atom. The van der Waals surface area contributed by atoms with Gasteiger partial charge >= 0.3 is 0 Å². The Hall–Kier alpha value is -2.97. The smallest absolute Gasteiger partial charge is 0.248 e. The zero-order chi connectivity index (χ0) is 21.1. The zero-order valence-corrected chi connectivity index (χ0v) is 17.6. The second-order valence-electron chi connectivity index (χ2n) is 7.05. The van der Waals surface area contributed by atoms with Crippen molar-refractivity contribution >= 4 is 17.5 Å². The number of methoxy groups -OCH3 is 1. The number of pyridine rings is 1. The number of fused-ring (bicyclic) bond motifs is 1. The second-order valence-corrected chi connectivity index (χ2v) is 7.49. The number of amides is 1. The summed E-state index contributed by atoms with van der Waals surface area (Å²) in [5, 5.41) is 9.04. The summed E-state index contributed by atoms with van der Waals surface area (Å²) in [5.74, 6) is 0.524. The van der Waals surface area contributed by atoms with Gasteiger partial charge in [-0.15, -0.1) is 5.10 Å². The number of carbonyl (C=O) groups is 1. The maximum Gasteiger partial charge on any atom is 0.248 e. The third-order valence-electron chi connectivity index (χ3n) is 5.03. The highest BCUT2D eigenvalue weighted by atomic mass is 35.5. The lowest BCUT2D eigenvalue weighted by molar-refractivity contribution is -0.136. The van der Waals surface area contributed by atoms with Crippen molar-refractivity contribution in [2.75, 3.05) is 20.3 Å². The lowest BCUT2D eigenvalue weighted by Crippen LogP contribution is -2.38. The minimum absolute atomic E-state index is 0.0121. The predicted molar refractivity (Wildman–Crippen MR) is 111 cm³/mol. The lowest BCUT2D eigenvalue weighted by atomic mass is 10.1. The highest BCUT2D eigenvalue weighted by molar-refractivity contribution is 6.30. The number of hydrogen-bond donors (Lipinski definition) is 0. The highest BCUT2D eigenvalue weighted by Gasteiger charge is 2.22. The first-order valence-corrected chi connectivity index (χ1v) is 9.98. The van der Waals surface area contributed by atoms with Gasteiger partial charge in [-0.25, -0.2) is 9.67 Å². The van der Waals surface area contributed by atoms with Gasteiger partial charge in [-0.1, -0.05) is 22.9 Å². The number of nitrogens with zero attached hydrogens (tertiary/aromatic N) is 5. The molecule has 3 aromatic rings. The lowest BCUT2D eigenvalue weighted by Gasteiger charge is -2.28. The van der Waals surface area contributed by atoms with Crippen LogP contribution in [0.15, 0.2) is 36.4 Å². The van der Waals surface area contributed by atoms with Crippen LogP contribution < -0.4 is 4.74 Å². The molecule has 0 aliphatic carbocycles. The summed E-state index contributed by atoms with van der Waals surface area (Å²) in [6.07, 6.45) is 0.686. The minimum Gasteiger partial charge on any atom is -0.471 e. The van der Waals surface area contributed by atoms with E-state index in [0.29, 0.717) is 30.4 Å². The number of hydrogen-bond acceptors (Lipinski definition) is 6. The number of ether oxygens (including phenoxy) is 2. The van der Waals surface area contributed by atoms with Crippen molar-refractivity contribution in [2.24, 2.45) is 0 Å². The van der Waals surface area contributed by atoms with E-state index < -0.39 is 0 Å². The molecule has 0 atom stereocenters. The summed E-state index contributed by atoms with van der Waals surface area (Å²) in [5.41, 5.74) is 4.47. The molecular formula is C21H22ClN5O3. The van der Waals surface area contributed by atoms with Crippen molar-refractivity contribution in [3.05, 3.63) is 64.1 Å². The molecule has 8 nitrogen and oxygen atoms in total. The summed E-state index contributed by atoms with van der Waals surface area (Å²) in [6.45, 7) is 3.43. The van der Waals surface area contributed by atoms with E-state index in [1.54, 1.807) is 9.58 Å². The largest absolute Gasteiger partial charge is 0.471 e. The van der Waals surface area contributed by atoms with Crippen molar-refractivity contribution < 1.29 is 14.3 Å². The van der Waals surface area contributed by atoms with Gasteiger partial charge < -0.3 is 14.4 Å². The third kappa shape index (κ3) is 4.29. The monoisotopic (exact) mass is 427 g/mol. The minimum atomic E-state index is -0.0121. The molecule has 0 radical (unpaired) electrons. The van der Waals surface area contributed by atoms with Gasteiger partial charge in [-0.05, 0) is 36.8 Å². The molecule has 0 saturated heterocycles. The molecule has 0 spiro atoms. The maximum absolute atomic E-state index is 12.0. The van der Waals surface area contributed by atoms with E-state index in [2.05, 4.69) is 15.3 Å². The van der Waals surface area contributed by atoms with Crippen molar-refractivity contribution in [3.63, 3.8) is 0 Å². The molecule has 1 aliphatic rings. The Bertz CT molecular complexity index is 1050. The first-order chi connectivity index (χ1) is 14.5. The van der Waals surface area contributed by atoms with Crippen LogP contribution >= 0.6 is 11.6 Å². The Labute approximate surface area is 179 Å². The van der Waals surface area contributed by atoms with E-state index in [4.69, 9.17) is 21.1 Å². The molecular weight excluding hydrogens is 406 g/mol. The van der Waals surface area contributed by atoms with E-state index in [-0.39, 0.29) is 19.1 Å². The molecule has 0 fully saturated rings. The predicted octanol–water partition coefficient (Wildman–Crippen LogP) is 2.73. The molecule has 0 N–H and O–H groups in total. The van der Waals surface area contributed by atoms with E-state index in [0.717, 1.165) is 28.3 Å². The van der Waals surface area contributed by atoms with Crippen molar-refractivity contribution in [3.8, 4) is 11.6 Å². The van der Waals surface area contributed by atoms with Crippen LogP contribution in [0.1, 0.15) is 22.6 Å². The third-order valence-corrected chi connectivity index (χ3v) is 5.28. The van der Waals surface area contributed by atoms with Crippen LogP contribution in [0.3, 0.4) is 0 Å². The van der Waals surface area contributed by atoms with Crippen LogP contribution in [0, 0.1) is 6.92 Å². The topological polar surface area (TPSA) is 82.4 Å². The van der Waals surface area contributed by atoms with Crippen molar-refractivity contribution in [1.29, 1.82) is 0 Å². The number of halogens is 1. The zero-order valence-electron chi connectivity index (χ0n) is 16.8. The number of rotatable bonds is 6. The standard InChI is InChI=1S/C21H22ClN5O3/c1-14-19(27(25-24-14)17-6-4-16(22)5-7-17)12-30-20-8-3-15-11-26(21(28)13-29-2)10-9-18(15)23-20/h3-8H,9-13H2,1-2H3. The number of aryl methyl sites for hydroxylation is 1. The van der Waals surface area contributed by atoms with Gasteiger partial charge in [-0.3, -0.25) is 4.79 Å². The van der Waals surface area contributed by atoms with Gasteiger partial charge in [0, 0.05) is 37.7 Å². The average Bonchev–Trinajstić information content (AvgIpc) is 3.12. The molecule has 9 heteroatoms. The number of carbonyl (C=O) groups excluding carboxylic acids is 1. The second kappa shape index (κ2) is 8.81. The van der Waals surface area contributed by atoms with Crippen LogP contribution in [-0.4, -0.2) is 51.0 Å². The van der Waals surface area contributed by atoms with E-state index in [1.807, 2.05) is 43.3 Å². The fraction of sp³-hybridized carbons (Fsp3) is 0.333. The molecule has 4 rings (SSSR count). The van der Waals surface area contributed by atoms with E-state index >= 15 is 0 Å². The molecule has 1 amide bonds. The van der Waals surface area contributed by atoms with Crippen LogP contribution in [0.25, 0.3) is 5.69 Å². The van der Waals surface area contributed by atoms with Gasteiger partial charge in [0.05, 0.1) is 17.1 Å². The first kappa shape index (κ1) is 20.3. The summed E-state index contributed by atoms with van der Waals surface area (Å²) in [4.78, 5) is 18.5. The van der Waals surface area contributed by atoms with Crippen molar-refractivity contribution in [1.82, 2.24) is 24.9 Å². The molecule has 30 heavy (non-hydrogen) atoms. The summed E-state index contributed by atoms with van der Waals surface area (Å²) < 4.78 is 12.6. The quantitative estimate of drug-likeness (QED) is 0.601. The Kier molecular flexibility index (Phi) is 5.96. The van der Waals surface area contributed by atoms with Gasteiger partial charge in [0.1, 0.15) is 18.9 Å².